The maximum absolute atomic E-state index is 11.4. The molecule has 0 aromatic rings. The normalized spacial score (nSPS) is 32.0. The van der Waals surface area contributed by atoms with Crippen molar-refractivity contribution in [3.63, 3.8) is 0 Å². The molecule has 3 heteroatoms. The van der Waals surface area contributed by atoms with Gasteiger partial charge < -0.3 is 9.84 Å². The largest absolute Gasteiger partial charge is 0.469 e. The van der Waals surface area contributed by atoms with E-state index in [1.165, 1.54) is 18.3 Å². The molecule has 3 unspecified atom stereocenters. The average molecular weight is 347 g/mol. The van der Waals surface area contributed by atoms with Crippen LogP contribution in [0.3, 0.4) is 0 Å². The molecular weight excluding hydrogens is 312 g/mol. The Hall–Kier alpha value is -1.35. The zero-order valence-corrected chi connectivity index (χ0v) is 16.2. The lowest BCUT2D eigenvalue weighted by molar-refractivity contribution is -0.140. The van der Waals surface area contributed by atoms with Gasteiger partial charge in [-0.15, -0.1) is 0 Å². The minimum atomic E-state index is -0.210. The van der Waals surface area contributed by atoms with Gasteiger partial charge in [-0.25, -0.2) is 0 Å². The summed E-state index contributed by atoms with van der Waals surface area (Å²) in [7, 11) is 1.45. The summed E-state index contributed by atoms with van der Waals surface area (Å²) in [5.74, 6) is 1.94. The Kier molecular flexibility index (Phi) is 7.49. The van der Waals surface area contributed by atoms with Crippen LogP contribution in [0.5, 0.6) is 0 Å². The van der Waals surface area contributed by atoms with Crippen molar-refractivity contribution in [2.75, 3.05) is 7.11 Å². The van der Waals surface area contributed by atoms with Crippen LogP contribution in [0.25, 0.3) is 0 Å². The van der Waals surface area contributed by atoms with E-state index in [-0.39, 0.29) is 18.0 Å². The quantitative estimate of drug-likeness (QED) is 0.408. The van der Waals surface area contributed by atoms with Crippen molar-refractivity contribution < 1.29 is 14.6 Å². The van der Waals surface area contributed by atoms with Gasteiger partial charge in [0.25, 0.3) is 0 Å². The van der Waals surface area contributed by atoms with E-state index >= 15 is 0 Å². The second-order valence-corrected chi connectivity index (χ2v) is 8.08. The number of fused-ring (bicyclic) bond motifs is 1. The second kappa shape index (κ2) is 9.38. The number of hydrogen-bond acceptors (Lipinski definition) is 3. The summed E-state index contributed by atoms with van der Waals surface area (Å²) in [5, 5.41) is 10.4. The first-order chi connectivity index (χ1) is 11.9. The predicted molar refractivity (Wildman–Crippen MR) is 102 cm³/mol. The monoisotopic (exact) mass is 346 g/mol. The zero-order chi connectivity index (χ0) is 18.4. The van der Waals surface area contributed by atoms with Crippen LogP contribution in [0, 0.1) is 23.7 Å². The van der Waals surface area contributed by atoms with Gasteiger partial charge in [-0.05, 0) is 70.6 Å². The number of aliphatic hydroxyl groups is 1. The molecule has 0 radical (unpaired) electrons. The second-order valence-electron chi connectivity index (χ2n) is 8.08. The van der Waals surface area contributed by atoms with Gasteiger partial charge in [-0.2, -0.15) is 0 Å². The molecule has 5 atom stereocenters. The summed E-state index contributed by atoms with van der Waals surface area (Å²) in [6.07, 6.45) is 14.3. The van der Waals surface area contributed by atoms with Crippen molar-refractivity contribution in [1.29, 1.82) is 0 Å². The van der Waals surface area contributed by atoms with Crippen molar-refractivity contribution in [3.05, 3.63) is 35.5 Å². The number of carbonyl (C=O) groups excluding carboxylic acids is 1. The Morgan fingerprint density at radius 3 is 2.60 bits per heavy atom. The molecular formula is C22H34O3. The fraction of sp³-hybridized carbons (Fsp3) is 0.682. The lowest BCUT2D eigenvalue weighted by Gasteiger charge is -2.18. The number of ether oxygens (including phenoxy) is 1. The number of esters is 1. The third kappa shape index (κ3) is 5.85. The maximum atomic E-state index is 11.4. The zero-order valence-electron chi connectivity index (χ0n) is 16.2. The Labute approximate surface area is 152 Å². The molecule has 0 saturated heterocycles. The lowest BCUT2D eigenvalue weighted by atomic mass is 9.89. The molecule has 0 aromatic carbocycles. The van der Waals surface area contributed by atoms with Crippen LogP contribution >= 0.6 is 0 Å². The molecule has 1 N–H and O–H groups in total. The van der Waals surface area contributed by atoms with E-state index in [0.29, 0.717) is 24.2 Å². The van der Waals surface area contributed by atoms with Crippen molar-refractivity contribution >= 4 is 5.97 Å². The van der Waals surface area contributed by atoms with Gasteiger partial charge in [0.15, 0.2) is 0 Å². The minimum Gasteiger partial charge on any atom is -0.469 e. The molecule has 0 aromatic heterocycles. The standard InChI is InChI=1S/C22H34O3/c1-15(2)6-5-7-16(3)8-10-19-20-13-17(9-11-22(24)25-4)12-18(20)14-21(19)23/h6-8,10,17-21,23H,5,9,11-14H2,1-4H3/b10-8+,16-7+/t17?,18?,19-,20?,21-/m1/s1. The fourth-order valence-corrected chi connectivity index (χ4v) is 4.51. The summed E-state index contributed by atoms with van der Waals surface area (Å²) >= 11 is 0. The molecule has 2 fully saturated rings. The molecule has 140 valence electrons. The molecule has 0 amide bonds. The number of allylic oxidation sites excluding steroid dienone is 5. The van der Waals surface area contributed by atoms with Crippen LogP contribution in [0.4, 0.5) is 0 Å². The number of rotatable bonds is 7. The van der Waals surface area contributed by atoms with E-state index < -0.39 is 0 Å². The highest BCUT2D eigenvalue weighted by atomic mass is 16.5. The van der Waals surface area contributed by atoms with E-state index in [0.717, 1.165) is 32.1 Å². The van der Waals surface area contributed by atoms with Crippen molar-refractivity contribution in [2.45, 2.75) is 65.4 Å². The van der Waals surface area contributed by atoms with E-state index in [1.807, 2.05) is 0 Å². The molecule has 0 aliphatic heterocycles. The molecule has 2 aliphatic carbocycles. The van der Waals surface area contributed by atoms with E-state index in [9.17, 15) is 9.90 Å². The van der Waals surface area contributed by atoms with Crippen molar-refractivity contribution in [3.8, 4) is 0 Å². The smallest absolute Gasteiger partial charge is 0.305 e. The highest BCUT2D eigenvalue weighted by molar-refractivity contribution is 5.69. The van der Waals surface area contributed by atoms with Crippen LogP contribution in [-0.4, -0.2) is 24.3 Å². The Morgan fingerprint density at radius 2 is 1.92 bits per heavy atom. The highest BCUT2D eigenvalue weighted by Gasteiger charge is 2.46. The van der Waals surface area contributed by atoms with E-state index in [1.54, 1.807) is 0 Å². The number of hydrogen-bond donors (Lipinski definition) is 1. The van der Waals surface area contributed by atoms with Crippen LogP contribution in [0.1, 0.15) is 59.3 Å². The van der Waals surface area contributed by atoms with Gasteiger partial charge in [0.2, 0.25) is 0 Å². The third-order valence-corrected chi connectivity index (χ3v) is 5.86. The molecule has 2 saturated carbocycles. The molecule has 25 heavy (non-hydrogen) atoms. The van der Waals surface area contributed by atoms with E-state index in [4.69, 9.17) is 4.74 Å². The summed E-state index contributed by atoms with van der Waals surface area (Å²) in [5.41, 5.74) is 2.60. The molecule has 0 bridgehead atoms. The van der Waals surface area contributed by atoms with Crippen LogP contribution in [0.2, 0.25) is 0 Å². The fourth-order valence-electron chi connectivity index (χ4n) is 4.51. The molecule has 3 nitrogen and oxygen atoms in total. The average Bonchev–Trinajstić information content (AvgIpc) is 3.07. The van der Waals surface area contributed by atoms with Crippen LogP contribution in [-0.2, 0) is 9.53 Å². The minimum absolute atomic E-state index is 0.106. The first kappa shape index (κ1) is 20.0. The van der Waals surface area contributed by atoms with Crippen LogP contribution in [0.15, 0.2) is 35.5 Å². The Balaban J connectivity index is 1.89. The maximum Gasteiger partial charge on any atom is 0.305 e. The van der Waals surface area contributed by atoms with Crippen LogP contribution < -0.4 is 0 Å². The van der Waals surface area contributed by atoms with Gasteiger partial charge in [0.1, 0.15) is 0 Å². The molecule has 2 aliphatic rings. The first-order valence-electron chi connectivity index (χ1n) is 9.64. The number of carbonyl (C=O) groups is 1. The molecule has 0 spiro atoms. The SMILES string of the molecule is COC(=O)CCC1CC2C[C@@H](O)[C@H](/C=C/C(C)=C/CC=C(C)C)C2C1. The van der Waals surface area contributed by atoms with Crippen molar-refractivity contribution in [2.24, 2.45) is 23.7 Å². The van der Waals surface area contributed by atoms with Gasteiger partial charge in [-0.1, -0.05) is 35.5 Å². The Bertz CT molecular complexity index is 539. The lowest BCUT2D eigenvalue weighted by Crippen LogP contribution is -2.17. The summed E-state index contributed by atoms with van der Waals surface area (Å²) in [6.45, 7) is 6.36. The third-order valence-electron chi connectivity index (χ3n) is 5.86. The molecule has 0 heterocycles. The summed E-state index contributed by atoms with van der Waals surface area (Å²) in [4.78, 5) is 11.4. The van der Waals surface area contributed by atoms with Gasteiger partial charge in [-0.3, -0.25) is 4.79 Å². The Morgan fingerprint density at radius 1 is 1.16 bits per heavy atom. The van der Waals surface area contributed by atoms with Gasteiger partial charge >= 0.3 is 5.97 Å². The topological polar surface area (TPSA) is 46.5 Å². The number of methoxy groups -OCH3 is 1. The van der Waals surface area contributed by atoms with E-state index in [2.05, 4.69) is 45.1 Å². The van der Waals surface area contributed by atoms with Crippen molar-refractivity contribution in [1.82, 2.24) is 0 Å². The highest BCUT2D eigenvalue weighted by Crippen LogP contribution is 2.51. The first-order valence-corrected chi connectivity index (χ1v) is 9.64. The number of aliphatic hydroxyl groups excluding tert-OH is 1. The van der Waals surface area contributed by atoms with Gasteiger partial charge in [0.05, 0.1) is 13.2 Å². The summed E-state index contributed by atoms with van der Waals surface area (Å²) in [6, 6.07) is 0. The molecule has 2 rings (SSSR count). The van der Waals surface area contributed by atoms with Gasteiger partial charge in [0, 0.05) is 12.3 Å². The summed E-state index contributed by atoms with van der Waals surface area (Å²) < 4.78 is 4.75. The predicted octanol–water partition coefficient (Wildman–Crippen LogP) is 4.82.